The largest absolute Gasteiger partial charge is 0.378 e. The molecule has 37 heavy (non-hydrogen) atoms. The number of hydrogen-bond acceptors (Lipinski definition) is 9. The van der Waals surface area contributed by atoms with Crippen molar-refractivity contribution in [3.8, 4) is 0 Å². The van der Waals surface area contributed by atoms with E-state index in [1.807, 2.05) is 36.4 Å². The third-order valence-corrected chi connectivity index (χ3v) is 8.30. The maximum absolute atomic E-state index is 12.5. The fourth-order valence-electron chi connectivity index (χ4n) is 4.44. The molecule has 0 unspecified atom stereocenters. The highest BCUT2D eigenvalue weighted by molar-refractivity contribution is 7.15. The van der Waals surface area contributed by atoms with Crippen LogP contribution in [0, 0.1) is 0 Å². The molecule has 1 aliphatic carbocycles. The van der Waals surface area contributed by atoms with Gasteiger partial charge in [-0.15, -0.1) is 20.4 Å². The van der Waals surface area contributed by atoms with Crippen molar-refractivity contribution in [2.24, 2.45) is 0 Å². The van der Waals surface area contributed by atoms with Crippen molar-refractivity contribution < 1.29 is 14.7 Å². The summed E-state index contributed by atoms with van der Waals surface area (Å²) in [6.07, 6.45) is 2.85. The number of hydrogen-bond donors (Lipinski definition) is 3. The Labute approximate surface area is 222 Å². The van der Waals surface area contributed by atoms with Gasteiger partial charge in [-0.05, 0) is 30.4 Å². The van der Waals surface area contributed by atoms with E-state index in [0.717, 1.165) is 41.3 Å². The minimum absolute atomic E-state index is 0.115. The van der Waals surface area contributed by atoms with Crippen molar-refractivity contribution in [1.82, 2.24) is 20.4 Å². The second kappa shape index (κ2) is 11.7. The van der Waals surface area contributed by atoms with Crippen LogP contribution in [0.25, 0.3) is 0 Å². The fourth-order valence-corrected chi connectivity index (χ4v) is 6.24. The maximum Gasteiger partial charge on any atom is 0.259 e. The number of nitrogens with zero attached hydrogens (tertiary/aromatic N) is 4. The van der Waals surface area contributed by atoms with Crippen LogP contribution in [-0.4, -0.2) is 37.3 Å². The Bertz CT molecular complexity index is 1340. The van der Waals surface area contributed by atoms with Crippen molar-refractivity contribution >= 4 is 44.8 Å². The standard InChI is InChI=1S/C26H26N6O3S2/c33-20(14-16-8-3-1-4-9-16)27-25-31-29-23(36-25)18-12-7-13-19(15-18)24-30-32-26(37-24)28-22(35)21(34)17-10-5-2-6-11-17/h1-6,8-11,18-19,21,34H,7,12-15H2,(H,27,31,33)(H,28,32,35)/t18-,19-,21+/m0/s1. The maximum atomic E-state index is 12.5. The number of benzene rings is 2. The minimum atomic E-state index is -1.27. The summed E-state index contributed by atoms with van der Waals surface area (Å²) in [7, 11) is 0. The summed E-state index contributed by atoms with van der Waals surface area (Å²) in [5.41, 5.74) is 1.47. The van der Waals surface area contributed by atoms with E-state index in [0.29, 0.717) is 22.2 Å². The molecule has 0 radical (unpaired) electrons. The molecular formula is C26H26N6O3S2. The summed E-state index contributed by atoms with van der Waals surface area (Å²) >= 11 is 2.76. The van der Waals surface area contributed by atoms with Crippen LogP contribution in [0.2, 0.25) is 0 Å². The first-order chi connectivity index (χ1) is 18.0. The molecule has 2 heterocycles. The highest BCUT2D eigenvalue weighted by Crippen LogP contribution is 2.43. The van der Waals surface area contributed by atoms with Crippen molar-refractivity contribution in [2.45, 2.75) is 50.0 Å². The Balaban J connectivity index is 1.17. The molecule has 2 amide bonds. The molecule has 1 fully saturated rings. The fraction of sp³-hybridized carbons (Fsp3) is 0.308. The molecule has 0 spiro atoms. The third-order valence-electron chi connectivity index (χ3n) is 6.30. The van der Waals surface area contributed by atoms with Gasteiger partial charge in [-0.2, -0.15) is 0 Å². The highest BCUT2D eigenvalue weighted by atomic mass is 32.1. The molecule has 9 nitrogen and oxygen atoms in total. The van der Waals surface area contributed by atoms with Crippen LogP contribution in [0.1, 0.15) is 64.8 Å². The van der Waals surface area contributed by atoms with E-state index < -0.39 is 12.0 Å². The van der Waals surface area contributed by atoms with Crippen molar-refractivity contribution in [2.75, 3.05) is 10.6 Å². The second-order valence-corrected chi connectivity index (χ2v) is 11.0. The number of aliphatic hydroxyl groups excluding tert-OH is 1. The lowest BCUT2D eigenvalue weighted by Crippen LogP contribution is -2.20. The van der Waals surface area contributed by atoms with E-state index in [2.05, 4.69) is 31.0 Å². The van der Waals surface area contributed by atoms with Gasteiger partial charge in [0.15, 0.2) is 6.10 Å². The molecular weight excluding hydrogens is 508 g/mol. The Morgan fingerprint density at radius 3 is 2.03 bits per heavy atom. The van der Waals surface area contributed by atoms with E-state index in [4.69, 9.17) is 0 Å². The lowest BCUT2D eigenvalue weighted by atomic mass is 9.82. The summed E-state index contributed by atoms with van der Waals surface area (Å²) < 4.78 is 0. The molecule has 190 valence electrons. The van der Waals surface area contributed by atoms with Gasteiger partial charge in [0.25, 0.3) is 5.91 Å². The Kier molecular flexibility index (Phi) is 7.93. The van der Waals surface area contributed by atoms with Gasteiger partial charge in [-0.25, -0.2) is 0 Å². The molecule has 1 saturated carbocycles. The number of carbonyl (C=O) groups is 2. The van der Waals surface area contributed by atoms with Gasteiger partial charge < -0.3 is 10.4 Å². The average Bonchev–Trinajstić information content (AvgIpc) is 3.59. The predicted molar refractivity (Wildman–Crippen MR) is 143 cm³/mol. The van der Waals surface area contributed by atoms with Crippen LogP contribution in [0.4, 0.5) is 10.3 Å². The van der Waals surface area contributed by atoms with Crippen molar-refractivity contribution in [3.05, 3.63) is 81.8 Å². The normalized spacial score (nSPS) is 18.2. The SMILES string of the molecule is O=C(Cc1ccccc1)Nc1nnc([C@H]2CCC[C@H](c3nnc(NC(=O)[C@H](O)c4ccccc4)s3)C2)s1. The highest BCUT2D eigenvalue weighted by Gasteiger charge is 2.30. The zero-order valence-electron chi connectivity index (χ0n) is 19.9. The number of carbonyl (C=O) groups excluding carboxylic acids is 2. The van der Waals surface area contributed by atoms with Gasteiger partial charge >= 0.3 is 0 Å². The van der Waals surface area contributed by atoms with E-state index >= 15 is 0 Å². The molecule has 0 saturated heterocycles. The summed E-state index contributed by atoms with van der Waals surface area (Å²) in [6, 6.07) is 18.4. The van der Waals surface area contributed by atoms with Crippen molar-refractivity contribution in [3.63, 3.8) is 0 Å². The zero-order valence-corrected chi connectivity index (χ0v) is 21.5. The lowest BCUT2D eigenvalue weighted by Gasteiger charge is -2.25. The average molecular weight is 535 g/mol. The summed E-state index contributed by atoms with van der Waals surface area (Å²) in [5.74, 6) is -0.235. The summed E-state index contributed by atoms with van der Waals surface area (Å²) in [6.45, 7) is 0. The molecule has 11 heteroatoms. The molecule has 2 aromatic heterocycles. The minimum Gasteiger partial charge on any atom is -0.378 e. The van der Waals surface area contributed by atoms with Crippen LogP contribution in [-0.2, 0) is 16.0 Å². The molecule has 2 aromatic carbocycles. The van der Waals surface area contributed by atoms with Gasteiger partial charge in [0.05, 0.1) is 6.42 Å². The van der Waals surface area contributed by atoms with Crippen molar-refractivity contribution in [1.29, 1.82) is 0 Å². The van der Waals surface area contributed by atoms with Gasteiger partial charge in [-0.1, -0.05) is 89.8 Å². The molecule has 5 rings (SSSR count). The van der Waals surface area contributed by atoms with Gasteiger partial charge in [0.1, 0.15) is 10.0 Å². The Morgan fingerprint density at radius 1 is 0.838 bits per heavy atom. The topological polar surface area (TPSA) is 130 Å². The monoisotopic (exact) mass is 534 g/mol. The van der Waals surface area contributed by atoms with Crippen LogP contribution < -0.4 is 10.6 Å². The first kappa shape index (κ1) is 25.1. The summed E-state index contributed by atoms with van der Waals surface area (Å²) in [4.78, 5) is 24.8. The van der Waals surface area contributed by atoms with E-state index in [1.54, 1.807) is 24.3 Å². The Hall–Kier alpha value is -3.54. The molecule has 3 N–H and O–H groups in total. The lowest BCUT2D eigenvalue weighted by molar-refractivity contribution is -0.124. The number of nitrogens with one attached hydrogen (secondary N) is 2. The molecule has 0 aliphatic heterocycles. The molecule has 1 aliphatic rings. The van der Waals surface area contributed by atoms with Crippen LogP contribution in [0.5, 0.6) is 0 Å². The third kappa shape index (κ3) is 6.43. The van der Waals surface area contributed by atoms with Crippen LogP contribution in [0.15, 0.2) is 60.7 Å². The number of anilines is 2. The van der Waals surface area contributed by atoms with Crippen LogP contribution in [0.3, 0.4) is 0 Å². The van der Waals surface area contributed by atoms with Gasteiger partial charge in [-0.3, -0.25) is 14.9 Å². The first-order valence-electron chi connectivity index (χ1n) is 12.1. The molecule has 3 atom stereocenters. The van der Waals surface area contributed by atoms with E-state index in [1.165, 1.54) is 22.7 Å². The Morgan fingerprint density at radius 2 is 1.41 bits per heavy atom. The number of aliphatic hydroxyl groups is 1. The molecule has 4 aromatic rings. The van der Waals surface area contributed by atoms with Gasteiger partial charge in [0.2, 0.25) is 16.2 Å². The first-order valence-corrected chi connectivity index (χ1v) is 13.7. The smallest absolute Gasteiger partial charge is 0.259 e. The van der Waals surface area contributed by atoms with E-state index in [9.17, 15) is 14.7 Å². The van der Waals surface area contributed by atoms with E-state index in [-0.39, 0.29) is 17.7 Å². The number of rotatable bonds is 8. The second-order valence-electron chi connectivity index (χ2n) is 8.96. The number of amides is 2. The number of aromatic nitrogens is 4. The quantitative estimate of drug-likeness (QED) is 0.299. The molecule has 0 bridgehead atoms. The van der Waals surface area contributed by atoms with Gasteiger partial charge in [0, 0.05) is 11.8 Å². The predicted octanol–water partition coefficient (Wildman–Crippen LogP) is 4.68. The summed E-state index contributed by atoms with van der Waals surface area (Å²) in [5, 5.41) is 35.5. The zero-order chi connectivity index (χ0) is 25.6. The van der Waals surface area contributed by atoms with Crippen LogP contribution >= 0.6 is 22.7 Å².